The van der Waals surface area contributed by atoms with Crippen molar-refractivity contribution in [3.8, 4) is 0 Å². The van der Waals surface area contributed by atoms with E-state index in [2.05, 4.69) is 11.9 Å². The Morgan fingerprint density at radius 3 is 2.64 bits per heavy atom. The summed E-state index contributed by atoms with van der Waals surface area (Å²) in [6.07, 6.45) is 5.64. The van der Waals surface area contributed by atoms with Crippen LogP contribution in [0.15, 0.2) is 0 Å². The van der Waals surface area contributed by atoms with Gasteiger partial charge in [0.1, 0.15) is 0 Å². The van der Waals surface area contributed by atoms with Gasteiger partial charge in [0.05, 0.1) is 19.8 Å². The number of aliphatic hydroxyl groups excluding tert-OH is 1. The Bertz CT molecular complexity index is 135. The van der Waals surface area contributed by atoms with Gasteiger partial charge in [0.25, 0.3) is 0 Å². The third kappa shape index (κ3) is 4.94. The van der Waals surface area contributed by atoms with Crippen molar-refractivity contribution in [2.75, 3.05) is 40.0 Å². The maximum absolute atomic E-state index is 8.52. The van der Waals surface area contributed by atoms with Gasteiger partial charge >= 0.3 is 0 Å². The molecule has 14 heavy (non-hydrogen) atoms. The molecular weight excluding hydrogens is 178 g/mol. The molecule has 0 saturated heterocycles. The topological polar surface area (TPSA) is 32.7 Å². The third-order valence-corrected chi connectivity index (χ3v) is 2.90. The van der Waals surface area contributed by atoms with Crippen LogP contribution >= 0.6 is 0 Å². The molecule has 1 aliphatic carbocycles. The first-order chi connectivity index (χ1) is 6.83. The lowest BCUT2D eigenvalue weighted by Crippen LogP contribution is -2.28. The first-order valence-corrected chi connectivity index (χ1v) is 5.70. The molecule has 0 bridgehead atoms. The molecule has 1 fully saturated rings. The van der Waals surface area contributed by atoms with Gasteiger partial charge in [-0.2, -0.15) is 0 Å². The quantitative estimate of drug-likeness (QED) is 0.626. The van der Waals surface area contributed by atoms with Crippen LogP contribution in [0.1, 0.15) is 25.7 Å². The Balaban J connectivity index is 1.95. The zero-order valence-corrected chi connectivity index (χ0v) is 9.24. The van der Waals surface area contributed by atoms with Crippen LogP contribution in [0.4, 0.5) is 0 Å². The summed E-state index contributed by atoms with van der Waals surface area (Å²) >= 11 is 0. The smallest absolute Gasteiger partial charge is 0.0698 e. The van der Waals surface area contributed by atoms with E-state index in [0.29, 0.717) is 6.61 Å². The number of likely N-dealkylation sites (N-methyl/N-ethyl adjacent to an activating group) is 1. The predicted molar refractivity (Wildman–Crippen MR) is 57.4 cm³/mol. The molecule has 0 unspecified atom stereocenters. The first-order valence-electron chi connectivity index (χ1n) is 5.70. The number of hydrogen-bond acceptors (Lipinski definition) is 3. The molecule has 84 valence electrons. The van der Waals surface area contributed by atoms with E-state index in [9.17, 15) is 0 Å². The van der Waals surface area contributed by atoms with Gasteiger partial charge in [-0.25, -0.2) is 0 Å². The second-order valence-electron chi connectivity index (χ2n) is 4.25. The Hall–Kier alpha value is -0.120. The monoisotopic (exact) mass is 201 g/mol. The molecule has 0 amide bonds. The molecule has 0 aliphatic heterocycles. The molecule has 1 rings (SSSR count). The summed E-state index contributed by atoms with van der Waals surface area (Å²) in [6, 6.07) is 0. The maximum atomic E-state index is 8.52. The summed E-state index contributed by atoms with van der Waals surface area (Å²) in [5, 5.41) is 8.52. The third-order valence-electron chi connectivity index (χ3n) is 2.90. The van der Waals surface area contributed by atoms with Gasteiger partial charge in [0.15, 0.2) is 0 Å². The average molecular weight is 201 g/mol. The highest BCUT2D eigenvalue weighted by atomic mass is 16.5. The highest BCUT2D eigenvalue weighted by Crippen LogP contribution is 2.24. The van der Waals surface area contributed by atoms with Crippen LogP contribution in [0.25, 0.3) is 0 Å². The zero-order valence-electron chi connectivity index (χ0n) is 9.24. The minimum Gasteiger partial charge on any atom is -0.394 e. The van der Waals surface area contributed by atoms with Crippen molar-refractivity contribution in [1.29, 1.82) is 0 Å². The summed E-state index contributed by atoms with van der Waals surface area (Å²) < 4.78 is 5.23. The van der Waals surface area contributed by atoms with Crippen LogP contribution in [0.5, 0.6) is 0 Å². The van der Waals surface area contributed by atoms with E-state index in [4.69, 9.17) is 9.84 Å². The number of ether oxygens (including phenoxy) is 1. The van der Waals surface area contributed by atoms with Crippen LogP contribution in [0.2, 0.25) is 0 Å². The standard InChI is InChI=1S/C11H23NO2/c1-12(6-8-14-9-7-13)10-11-4-2-3-5-11/h11,13H,2-10H2,1H3. The molecule has 3 nitrogen and oxygen atoms in total. The highest BCUT2D eigenvalue weighted by Gasteiger charge is 2.16. The van der Waals surface area contributed by atoms with Crippen molar-refractivity contribution in [3.05, 3.63) is 0 Å². The largest absolute Gasteiger partial charge is 0.394 e. The molecule has 0 radical (unpaired) electrons. The van der Waals surface area contributed by atoms with Crippen molar-refractivity contribution >= 4 is 0 Å². The summed E-state index contributed by atoms with van der Waals surface area (Å²) in [4.78, 5) is 2.34. The lowest BCUT2D eigenvalue weighted by Gasteiger charge is -2.20. The minimum absolute atomic E-state index is 0.131. The van der Waals surface area contributed by atoms with E-state index in [0.717, 1.165) is 19.1 Å². The Kier molecular flexibility index (Phi) is 6.15. The zero-order chi connectivity index (χ0) is 10.2. The second-order valence-corrected chi connectivity index (χ2v) is 4.25. The molecule has 1 saturated carbocycles. The molecule has 0 aromatic carbocycles. The van der Waals surface area contributed by atoms with E-state index in [-0.39, 0.29) is 6.61 Å². The fourth-order valence-corrected chi connectivity index (χ4v) is 2.11. The van der Waals surface area contributed by atoms with Crippen molar-refractivity contribution < 1.29 is 9.84 Å². The normalized spacial score (nSPS) is 18.2. The van der Waals surface area contributed by atoms with E-state index in [1.165, 1.54) is 32.2 Å². The number of hydrogen-bond donors (Lipinski definition) is 1. The number of nitrogens with zero attached hydrogens (tertiary/aromatic N) is 1. The fraction of sp³-hybridized carbons (Fsp3) is 1.00. The molecule has 0 aromatic heterocycles. The number of rotatable bonds is 7. The van der Waals surface area contributed by atoms with Crippen LogP contribution in [0, 0.1) is 5.92 Å². The summed E-state index contributed by atoms with van der Waals surface area (Å²) in [5.41, 5.74) is 0. The van der Waals surface area contributed by atoms with Crippen molar-refractivity contribution in [2.24, 2.45) is 5.92 Å². The van der Waals surface area contributed by atoms with E-state index in [1.54, 1.807) is 0 Å². The van der Waals surface area contributed by atoms with Crippen molar-refractivity contribution in [3.63, 3.8) is 0 Å². The minimum atomic E-state index is 0.131. The molecule has 0 spiro atoms. The first kappa shape index (κ1) is 12.0. The molecule has 3 heteroatoms. The Morgan fingerprint density at radius 2 is 2.00 bits per heavy atom. The molecule has 1 N–H and O–H groups in total. The number of aliphatic hydroxyl groups is 1. The fourth-order valence-electron chi connectivity index (χ4n) is 2.11. The SMILES string of the molecule is CN(CCOCCO)CC1CCCC1. The van der Waals surface area contributed by atoms with Crippen molar-refractivity contribution in [1.82, 2.24) is 4.90 Å². The van der Waals surface area contributed by atoms with E-state index >= 15 is 0 Å². The van der Waals surface area contributed by atoms with Gasteiger partial charge in [0, 0.05) is 13.1 Å². The predicted octanol–water partition coefficient (Wildman–Crippen LogP) is 1.12. The summed E-state index contributed by atoms with van der Waals surface area (Å²) in [6.45, 7) is 3.53. The van der Waals surface area contributed by atoms with Gasteiger partial charge in [-0.1, -0.05) is 12.8 Å². The van der Waals surface area contributed by atoms with Gasteiger partial charge in [0.2, 0.25) is 0 Å². The van der Waals surface area contributed by atoms with E-state index in [1.807, 2.05) is 0 Å². The van der Waals surface area contributed by atoms with Gasteiger partial charge in [-0.05, 0) is 25.8 Å². The van der Waals surface area contributed by atoms with Crippen LogP contribution in [0.3, 0.4) is 0 Å². The van der Waals surface area contributed by atoms with Gasteiger partial charge < -0.3 is 14.7 Å². The Labute approximate surface area is 87.1 Å². The van der Waals surface area contributed by atoms with Crippen LogP contribution in [-0.2, 0) is 4.74 Å². The van der Waals surface area contributed by atoms with Crippen LogP contribution in [-0.4, -0.2) is 50.0 Å². The average Bonchev–Trinajstić information content (AvgIpc) is 2.65. The molecule has 1 aliphatic rings. The van der Waals surface area contributed by atoms with Crippen LogP contribution < -0.4 is 0 Å². The highest BCUT2D eigenvalue weighted by molar-refractivity contribution is 4.70. The molecule has 0 heterocycles. The molecular formula is C11H23NO2. The van der Waals surface area contributed by atoms with E-state index < -0.39 is 0 Å². The molecule has 0 atom stereocenters. The maximum Gasteiger partial charge on any atom is 0.0698 e. The second kappa shape index (κ2) is 7.21. The van der Waals surface area contributed by atoms with Gasteiger partial charge in [-0.3, -0.25) is 0 Å². The Morgan fingerprint density at radius 1 is 1.29 bits per heavy atom. The summed E-state index contributed by atoms with van der Waals surface area (Å²) in [7, 11) is 2.15. The van der Waals surface area contributed by atoms with Gasteiger partial charge in [-0.15, -0.1) is 0 Å². The summed E-state index contributed by atoms with van der Waals surface area (Å²) in [5.74, 6) is 0.915. The molecule has 0 aromatic rings. The van der Waals surface area contributed by atoms with Crippen molar-refractivity contribution in [2.45, 2.75) is 25.7 Å². The lowest BCUT2D eigenvalue weighted by molar-refractivity contribution is 0.0759. The lowest BCUT2D eigenvalue weighted by atomic mass is 10.1.